The summed E-state index contributed by atoms with van der Waals surface area (Å²) in [6.45, 7) is 1.35. The summed E-state index contributed by atoms with van der Waals surface area (Å²) in [5.74, 6) is 0.0262. The molecule has 6 heteroatoms. The number of benzene rings is 2. The van der Waals surface area contributed by atoms with E-state index in [-0.39, 0.29) is 18.3 Å². The fourth-order valence-corrected chi connectivity index (χ4v) is 3.44. The minimum absolute atomic E-state index is 0.0547. The Balaban J connectivity index is 1.43. The molecule has 2 heterocycles. The van der Waals surface area contributed by atoms with Gasteiger partial charge in [-0.1, -0.05) is 6.07 Å². The predicted molar refractivity (Wildman–Crippen MR) is 86.8 cm³/mol. The minimum atomic E-state index is -0.737. The highest BCUT2D eigenvalue weighted by Crippen LogP contribution is 2.37. The molecule has 0 spiro atoms. The summed E-state index contributed by atoms with van der Waals surface area (Å²) >= 11 is 0. The normalized spacial score (nSPS) is 17.0. The number of carbonyl (C=O) groups is 1. The number of hydrogen-bond donors (Lipinski definition) is 0. The van der Waals surface area contributed by atoms with Crippen LogP contribution in [0.15, 0.2) is 36.4 Å². The Morgan fingerprint density at radius 2 is 1.64 bits per heavy atom. The summed E-state index contributed by atoms with van der Waals surface area (Å²) in [4.78, 5) is 14.1. The van der Waals surface area contributed by atoms with Gasteiger partial charge >= 0.3 is 0 Å². The van der Waals surface area contributed by atoms with Crippen LogP contribution in [0.5, 0.6) is 11.5 Å². The van der Waals surface area contributed by atoms with Crippen molar-refractivity contribution in [2.24, 2.45) is 0 Å². The first-order valence-corrected chi connectivity index (χ1v) is 8.25. The molecule has 0 bridgehead atoms. The summed E-state index contributed by atoms with van der Waals surface area (Å²) in [7, 11) is 0. The van der Waals surface area contributed by atoms with Crippen molar-refractivity contribution in [2.75, 3.05) is 19.9 Å². The van der Waals surface area contributed by atoms with Gasteiger partial charge < -0.3 is 14.4 Å². The van der Waals surface area contributed by atoms with Gasteiger partial charge in [0.1, 0.15) is 11.6 Å². The van der Waals surface area contributed by atoms with Crippen molar-refractivity contribution >= 4 is 5.91 Å². The molecule has 0 unspecified atom stereocenters. The second-order valence-electron chi connectivity index (χ2n) is 6.34. The van der Waals surface area contributed by atoms with Crippen molar-refractivity contribution in [3.63, 3.8) is 0 Å². The standard InChI is InChI=1S/C19H17F2NO3/c20-15-7-14(8-16(21)10-15)19(23)22-5-3-12(4-6-22)13-1-2-17-18(9-13)25-11-24-17/h1-2,7-10,12H,3-6,11H2. The molecule has 25 heavy (non-hydrogen) atoms. The van der Waals surface area contributed by atoms with Gasteiger partial charge in [-0.05, 0) is 48.6 Å². The van der Waals surface area contributed by atoms with Crippen LogP contribution in [0.2, 0.25) is 0 Å². The van der Waals surface area contributed by atoms with Gasteiger partial charge in [-0.3, -0.25) is 4.79 Å². The van der Waals surface area contributed by atoms with E-state index < -0.39 is 11.6 Å². The molecule has 0 atom stereocenters. The largest absolute Gasteiger partial charge is 0.454 e. The molecule has 4 nitrogen and oxygen atoms in total. The highest BCUT2D eigenvalue weighted by Gasteiger charge is 2.26. The minimum Gasteiger partial charge on any atom is -0.454 e. The maximum absolute atomic E-state index is 13.3. The van der Waals surface area contributed by atoms with Crippen molar-refractivity contribution in [1.82, 2.24) is 4.90 Å². The lowest BCUT2D eigenvalue weighted by molar-refractivity contribution is 0.0712. The van der Waals surface area contributed by atoms with E-state index in [9.17, 15) is 13.6 Å². The maximum atomic E-state index is 13.3. The van der Waals surface area contributed by atoms with E-state index in [1.54, 1.807) is 4.90 Å². The molecule has 0 radical (unpaired) electrons. The van der Waals surface area contributed by atoms with Crippen LogP contribution in [-0.4, -0.2) is 30.7 Å². The zero-order valence-electron chi connectivity index (χ0n) is 13.5. The lowest BCUT2D eigenvalue weighted by Gasteiger charge is -2.32. The quantitative estimate of drug-likeness (QED) is 0.833. The van der Waals surface area contributed by atoms with E-state index in [0.717, 1.165) is 48.1 Å². The van der Waals surface area contributed by atoms with Gasteiger partial charge in [-0.2, -0.15) is 0 Å². The van der Waals surface area contributed by atoms with E-state index in [1.807, 2.05) is 18.2 Å². The van der Waals surface area contributed by atoms with Gasteiger partial charge in [0, 0.05) is 24.7 Å². The average molecular weight is 345 g/mol. The first-order chi connectivity index (χ1) is 12.1. The number of hydrogen-bond acceptors (Lipinski definition) is 3. The molecule has 0 saturated carbocycles. The third-order valence-electron chi connectivity index (χ3n) is 4.76. The highest BCUT2D eigenvalue weighted by molar-refractivity contribution is 5.94. The van der Waals surface area contributed by atoms with E-state index in [2.05, 4.69) is 0 Å². The van der Waals surface area contributed by atoms with Crippen LogP contribution < -0.4 is 9.47 Å². The smallest absolute Gasteiger partial charge is 0.254 e. The van der Waals surface area contributed by atoms with Crippen molar-refractivity contribution in [1.29, 1.82) is 0 Å². The maximum Gasteiger partial charge on any atom is 0.254 e. The number of rotatable bonds is 2. The Bertz CT molecular complexity index is 796. The molecule has 0 aromatic heterocycles. The molecule has 4 rings (SSSR count). The van der Waals surface area contributed by atoms with Crippen LogP contribution in [0, 0.1) is 11.6 Å². The van der Waals surface area contributed by atoms with Gasteiger partial charge in [-0.25, -0.2) is 8.78 Å². The zero-order chi connectivity index (χ0) is 17.4. The number of carbonyl (C=O) groups excluding carboxylic acids is 1. The fourth-order valence-electron chi connectivity index (χ4n) is 3.44. The van der Waals surface area contributed by atoms with Crippen LogP contribution >= 0.6 is 0 Å². The molecule has 2 aromatic rings. The third-order valence-corrected chi connectivity index (χ3v) is 4.76. The molecule has 2 aliphatic heterocycles. The molecule has 1 saturated heterocycles. The van der Waals surface area contributed by atoms with E-state index >= 15 is 0 Å². The number of nitrogens with zero attached hydrogens (tertiary/aromatic N) is 1. The Kier molecular flexibility index (Phi) is 4.03. The highest BCUT2D eigenvalue weighted by atomic mass is 19.1. The molecule has 2 aliphatic rings. The second-order valence-corrected chi connectivity index (χ2v) is 6.34. The van der Waals surface area contributed by atoms with E-state index in [4.69, 9.17) is 9.47 Å². The van der Waals surface area contributed by atoms with Crippen molar-refractivity contribution < 1.29 is 23.0 Å². The summed E-state index contributed by atoms with van der Waals surface area (Å²) in [6, 6.07) is 8.85. The molecular weight excluding hydrogens is 328 g/mol. The summed E-state index contributed by atoms with van der Waals surface area (Å²) in [5, 5.41) is 0. The fraction of sp³-hybridized carbons (Fsp3) is 0.316. The summed E-state index contributed by atoms with van der Waals surface area (Å²) < 4.78 is 37.4. The van der Waals surface area contributed by atoms with Gasteiger partial charge in [0.25, 0.3) is 5.91 Å². The zero-order valence-corrected chi connectivity index (χ0v) is 13.5. The van der Waals surface area contributed by atoms with E-state index in [1.165, 1.54) is 0 Å². The van der Waals surface area contributed by atoms with Gasteiger partial charge in [0.15, 0.2) is 11.5 Å². The number of likely N-dealkylation sites (tertiary alicyclic amines) is 1. The molecule has 130 valence electrons. The molecule has 2 aromatic carbocycles. The number of ether oxygens (including phenoxy) is 2. The lowest BCUT2D eigenvalue weighted by Crippen LogP contribution is -2.38. The predicted octanol–water partition coefficient (Wildman–Crippen LogP) is 3.71. The number of amides is 1. The third kappa shape index (κ3) is 3.16. The van der Waals surface area contributed by atoms with Crippen LogP contribution in [0.25, 0.3) is 0 Å². The summed E-state index contributed by atoms with van der Waals surface area (Å²) in [6.07, 6.45) is 1.59. The Morgan fingerprint density at radius 3 is 2.36 bits per heavy atom. The topological polar surface area (TPSA) is 38.8 Å². The average Bonchev–Trinajstić information content (AvgIpc) is 3.08. The number of piperidine rings is 1. The molecule has 0 aliphatic carbocycles. The summed E-state index contributed by atoms with van der Waals surface area (Å²) in [5.41, 5.74) is 1.21. The first kappa shape index (κ1) is 15.9. The molecule has 1 amide bonds. The monoisotopic (exact) mass is 345 g/mol. The Labute approximate surface area is 144 Å². The van der Waals surface area contributed by atoms with Gasteiger partial charge in [0.2, 0.25) is 6.79 Å². The molecule has 1 fully saturated rings. The second kappa shape index (κ2) is 6.35. The molecular formula is C19H17F2NO3. The van der Waals surface area contributed by atoms with E-state index in [0.29, 0.717) is 19.0 Å². The van der Waals surface area contributed by atoms with Crippen molar-refractivity contribution in [3.05, 3.63) is 59.2 Å². The van der Waals surface area contributed by atoms with Crippen molar-refractivity contribution in [3.8, 4) is 11.5 Å². The number of fused-ring (bicyclic) bond motifs is 1. The van der Waals surface area contributed by atoms with Crippen LogP contribution in [0.3, 0.4) is 0 Å². The van der Waals surface area contributed by atoms with Gasteiger partial charge in [0.05, 0.1) is 0 Å². The SMILES string of the molecule is O=C(c1cc(F)cc(F)c1)N1CCC(c2ccc3c(c2)OCO3)CC1. The van der Waals surface area contributed by atoms with Crippen LogP contribution in [0.1, 0.15) is 34.7 Å². The van der Waals surface area contributed by atoms with Crippen LogP contribution in [0.4, 0.5) is 8.78 Å². The van der Waals surface area contributed by atoms with Crippen molar-refractivity contribution in [2.45, 2.75) is 18.8 Å². The molecule has 0 N–H and O–H groups in total. The lowest BCUT2D eigenvalue weighted by atomic mass is 9.89. The number of halogens is 2. The van der Waals surface area contributed by atoms with Gasteiger partial charge in [-0.15, -0.1) is 0 Å². The Morgan fingerprint density at radius 1 is 0.960 bits per heavy atom. The Hall–Kier alpha value is -2.63. The first-order valence-electron chi connectivity index (χ1n) is 8.25. The van der Waals surface area contributed by atoms with Crippen LogP contribution in [-0.2, 0) is 0 Å².